The third-order valence-corrected chi connectivity index (χ3v) is 3.54. The third kappa shape index (κ3) is 4.02. The molecular formula is C13H13IN2O3. The van der Waals surface area contributed by atoms with Crippen LogP contribution in [-0.4, -0.2) is 21.3 Å². The maximum Gasteiger partial charge on any atom is 0.303 e. The number of hydrogen-bond acceptors (Lipinski definition) is 4. The van der Waals surface area contributed by atoms with Gasteiger partial charge in [-0.25, -0.2) is 0 Å². The van der Waals surface area contributed by atoms with Gasteiger partial charge >= 0.3 is 5.97 Å². The number of rotatable bonds is 6. The van der Waals surface area contributed by atoms with Crippen LogP contribution in [-0.2, 0) is 11.2 Å². The Kier molecular flexibility index (Phi) is 4.89. The van der Waals surface area contributed by atoms with Gasteiger partial charge in [0, 0.05) is 16.4 Å². The zero-order valence-corrected chi connectivity index (χ0v) is 12.3. The van der Waals surface area contributed by atoms with Crippen LogP contribution >= 0.6 is 22.6 Å². The Balaban J connectivity index is 1.96. The fourth-order valence-corrected chi connectivity index (χ4v) is 2.27. The van der Waals surface area contributed by atoms with Gasteiger partial charge < -0.3 is 9.52 Å². The van der Waals surface area contributed by atoms with Crippen molar-refractivity contribution in [1.29, 1.82) is 0 Å². The highest BCUT2D eigenvalue weighted by Crippen LogP contribution is 2.23. The number of aliphatic carboxylic acids is 1. The van der Waals surface area contributed by atoms with Crippen LogP contribution in [0.25, 0.3) is 11.5 Å². The molecule has 0 aliphatic carbocycles. The lowest BCUT2D eigenvalue weighted by atomic mass is 10.2. The first kappa shape index (κ1) is 14.0. The number of aromatic nitrogens is 2. The molecule has 6 heteroatoms. The van der Waals surface area contributed by atoms with E-state index in [0.29, 0.717) is 24.6 Å². The second-order valence-electron chi connectivity index (χ2n) is 4.08. The number of carboxylic acids is 1. The number of nitrogens with zero attached hydrogens (tertiary/aromatic N) is 2. The number of carbonyl (C=O) groups is 1. The maximum atomic E-state index is 10.4. The first-order valence-electron chi connectivity index (χ1n) is 5.96. The van der Waals surface area contributed by atoms with Crippen molar-refractivity contribution in [3.63, 3.8) is 0 Å². The minimum atomic E-state index is -0.773. The van der Waals surface area contributed by atoms with Gasteiger partial charge in [-0.3, -0.25) is 4.79 Å². The summed E-state index contributed by atoms with van der Waals surface area (Å²) < 4.78 is 6.64. The van der Waals surface area contributed by atoms with Gasteiger partial charge in [-0.05, 0) is 47.6 Å². The van der Waals surface area contributed by atoms with Crippen LogP contribution in [0.15, 0.2) is 28.7 Å². The van der Waals surface area contributed by atoms with Gasteiger partial charge in [0.05, 0.1) is 5.56 Å². The van der Waals surface area contributed by atoms with Gasteiger partial charge in [-0.2, -0.15) is 0 Å². The maximum absolute atomic E-state index is 10.4. The van der Waals surface area contributed by atoms with Crippen molar-refractivity contribution in [3.05, 3.63) is 33.7 Å². The normalized spacial score (nSPS) is 10.6. The molecule has 0 radical (unpaired) electrons. The number of aryl methyl sites for hydroxylation is 1. The van der Waals surface area contributed by atoms with E-state index in [9.17, 15) is 4.79 Å². The minimum Gasteiger partial charge on any atom is -0.481 e. The van der Waals surface area contributed by atoms with E-state index in [-0.39, 0.29) is 6.42 Å². The molecule has 100 valence electrons. The van der Waals surface area contributed by atoms with Crippen molar-refractivity contribution >= 4 is 28.6 Å². The Morgan fingerprint density at radius 2 is 2.05 bits per heavy atom. The lowest BCUT2D eigenvalue weighted by molar-refractivity contribution is -0.137. The molecule has 0 aliphatic rings. The van der Waals surface area contributed by atoms with Gasteiger partial charge in [0.25, 0.3) is 0 Å². The first-order chi connectivity index (χ1) is 9.16. The molecule has 1 aromatic heterocycles. The number of hydrogen-bond donors (Lipinski definition) is 1. The molecule has 0 unspecified atom stereocenters. The van der Waals surface area contributed by atoms with E-state index in [1.54, 1.807) is 0 Å². The summed E-state index contributed by atoms with van der Waals surface area (Å²) in [6.45, 7) is 0. The van der Waals surface area contributed by atoms with E-state index in [1.807, 2.05) is 24.3 Å². The van der Waals surface area contributed by atoms with E-state index >= 15 is 0 Å². The molecule has 0 saturated heterocycles. The summed E-state index contributed by atoms with van der Waals surface area (Å²) in [7, 11) is 0. The average molecular weight is 372 g/mol. The number of halogens is 1. The highest BCUT2D eigenvalue weighted by Gasteiger charge is 2.10. The predicted octanol–water partition coefficient (Wildman–Crippen LogP) is 3.14. The summed E-state index contributed by atoms with van der Waals surface area (Å²) in [5.41, 5.74) is 0.924. The van der Waals surface area contributed by atoms with Crippen molar-refractivity contribution in [1.82, 2.24) is 10.2 Å². The van der Waals surface area contributed by atoms with Crippen LogP contribution in [0, 0.1) is 3.57 Å². The van der Waals surface area contributed by atoms with Crippen molar-refractivity contribution in [2.24, 2.45) is 0 Å². The smallest absolute Gasteiger partial charge is 0.303 e. The Labute approximate surface area is 124 Å². The van der Waals surface area contributed by atoms with Gasteiger partial charge in [0.2, 0.25) is 11.8 Å². The molecule has 2 rings (SSSR count). The molecule has 1 heterocycles. The van der Waals surface area contributed by atoms with Crippen LogP contribution < -0.4 is 0 Å². The molecule has 5 nitrogen and oxygen atoms in total. The molecule has 0 bridgehead atoms. The third-order valence-electron chi connectivity index (χ3n) is 2.60. The van der Waals surface area contributed by atoms with Gasteiger partial charge in [-0.15, -0.1) is 10.2 Å². The standard InChI is InChI=1S/C13H13IN2O3/c14-10-6-2-1-5-9(10)13-16-15-11(19-13)7-3-4-8-12(17)18/h1-2,5-6H,3-4,7-8H2,(H,17,18). The van der Waals surface area contributed by atoms with E-state index in [0.717, 1.165) is 15.6 Å². The van der Waals surface area contributed by atoms with E-state index < -0.39 is 5.97 Å². The summed E-state index contributed by atoms with van der Waals surface area (Å²) in [5, 5.41) is 16.5. The monoisotopic (exact) mass is 372 g/mol. The van der Waals surface area contributed by atoms with Crippen LogP contribution in [0.4, 0.5) is 0 Å². The van der Waals surface area contributed by atoms with Crippen LogP contribution in [0.5, 0.6) is 0 Å². The number of benzene rings is 1. The molecule has 0 amide bonds. The van der Waals surface area contributed by atoms with E-state index in [1.165, 1.54) is 0 Å². The van der Waals surface area contributed by atoms with Gasteiger partial charge in [0.1, 0.15) is 0 Å². The Bertz CT molecular complexity index is 569. The molecule has 2 aromatic rings. The molecular weight excluding hydrogens is 359 g/mol. The first-order valence-corrected chi connectivity index (χ1v) is 7.04. The summed E-state index contributed by atoms with van der Waals surface area (Å²) in [4.78, 5) is 10.4. The Morgan fingerprint density at radius 3 is 2.79 bits per heavy atom. The highest BCUT2D eigenvalue weighted by atomic mass is 127. The molecule has 1 N–H and O–H groups in total. The second kappa shape index (κ2) is 6.65. The Morgan fingerprint density at radius 1 is 1.26 bits per heavy atom. The molecule has 0 fully saturated rings. The SMILES string of the molecule is O=C(O)CCCCc1nnc(-c2ccccc2I)o1. The molecule has 0 spiro atoms. The summed E-state index contributed by atoms with van der Waals surface area (Å²) >= 11 is 2.22. The second-order valence-corrected chi connectivity index (χ2v) is 5.24. The Hall–Kier alpha value is -1.44. The van der Waals surface area contributed by atoms with Gasteiger partial charge in [0.15, 0.2) is 0 Å². The number of unbranched alkanes of at least 4 members (excludes halogenated alkanes) is 1. The lowest BCUT2D eigenvalue weighted by Crippen LogP contribution is -1.95. The molecule has 1 aromatic carbocycles. The van der Waals surface area contributed by atoms with Crippen molar-refractivity contribution < 1.29 is 14.3 Å². The largest absolute Gasteiger partial charge is 0.481 e. The topological polar surface area (TPSA) is 76.2 Å². The van der Waals surface area contributed by atoms with Crippen LogP contribution in [0.3, 0.4) is 0 Å². The summed E-state index contributed by atoms with van der Waals surface area (Å²) in [6, 6.07) is 7.79. The van der Waals surface area contributed by atoms with E-state index in [4.69, 9.17) is 9.52 Å². The number of carboxylic acid groups (broad SMARTS) is 1. The fourth-order valence-electron chi connectivity index (χ4n) is 1.65. The summed E-state index contributed by atoms with van der Waals surface area (Å²) in [6.07, 6.45) is 2.15. The van der Waals surface area contributed by atoms with Crippen molar-refractivity contribution in [3.8, 4) is 11.5 Å². The minimum absolute atomic E-state index is 0.178. The van der Waals surface area contributed by atoms with Crippen molar-refractivity contribution in [2.75, 3.05) is 0 Å². The van der Waals surface area contributed by atoms with E-state index in [2.05, 4.69) is 32.8 Å². The quantitative estimate of drug-likeness (QED) is 0.623. The fraction of sp³-hybridized carbons (Fsp3) is 0.308. The zero-order chi connectivity index (χ0) is 13.7. The molecule has 0 saturated carbocycles. The van der Waals surface area contributed by atoms with Crippen LogP contribution in [0.1, 0.15) is 25.2 Å². The summed E-state index contributed by atoms with van der Waals surface area (Å²) in [5.74, 6) is 0.295. The molecule has 19 heavy (non-hydrogen) atoms. The van der Waals surface area contributed by atoms with Crippen molar-refractivity contribution in [2.45, 2.75) is 25.7 Å². The lowest BCUT2D eigenvalue weighted by Gasteiger charge is -1.97. The van der Waals surface area contributed by atoms with Gasteiger partial charge in [-0.1, -0.05) is 12.1 Å². The predicted molar refractivity (Wildman–Crippen MR) is 77.6 cm³/mol. The zero-order valence-electron chi connectivity index (χ0n) is 10.2. The average Bonchev–Trinajstić information content (AvgIpc) is 2.83. The van der Waals surface area contributed by atoms with Crippen LogP contribution in [0.2, 0.25) is 0 Å². The molecule has 0 aliphatic heterocycles. The molecule has 0 atom stereocenters. The highest BCUT2D eigenvalue weighted by molar-refractivity contribution is 14.1.